The van der Waals surface area contributed by atoms with Gasteiger partial charge in [0.1, 0.15) is 28.5 Å². The van der Waals surface area contributed by atoms with Gasteiger partial charge >= 0.3 is 0 Å². The monoisotopic (exact) mass is 501 g/mol. The van der Waals surface area contributed by atoms with Crippen LogP contribution >= 0.6 is 0 Å². The molecule has 3 N–H and O–H groups in total. The van der Waals surface area contributed by atoms with Gasteiger partial charge in [0.05, 0.1) is 19.2 Å². The SMILES string of the molecule is COc1cc2c(Oc3ccc(NC(=O)C4(C(=O)Nc5ccc(F)cc5)CC4)cc3)ccnc2cc1CO. The predicted molar refractivity (Wildman–Crippen MR) is 136 cm³/mol. The number of hydrogen-bond acceptors (Lipinski definition) is 6. The van der Waals surface area contributed by atoms with Gasteiger partial charge in [-0.25, -0.2) is 4.39 Å². The lowest BCUT2D eigenvalue weighted by molar-refractivity contribution is -0.131. The average Bonchev–Trinajstić information content (AvgIpc) is 3.73. The van der Waals surface area contributed by atoms with Gasteiger partial charge in [-0.1, -0.05) is 0 Å². The fourth-order valence-corrected chi connectivity index (χ4v) is 4.04. The van der Waals surface area contributed by atoms with Crippen LogP contribution in [0.15, 0.2) is 72.9 Å². The number of carbonyl (C=O) groups excluding carboxylic acids is 2. The number of halogens is 1. The first-order chi connectivity index (χ1) is 17.9. The Morgan fingerprint density at radius 1 is 0.946 bits per heavy atom. The van der Waals surface area contributed by atoms with Gasteiger partial charge in [0.15, 0.2) is 0 Å². The number of methoxy groups -OCH3 is 1. The molecule has 5 rings (SSSR count). The van der Waals surface area contributed by atoms with E-state index in [0.29, 0.717) is 52.5 Å². The highest BCUT2D eigenvalue weighted by Gasteiger charge is 2.56. The summed E-state index contributed by atoms with van der Waals surface area (Å²) in [5, 5.41) is 15.8. The number of nitrogens with one attached hydrogen (secondary N) is 2. The number of benzene rings is 3. The third-order valence-corrected chi connectivity index (χ3v) is 6.34. The molecule has 1 saturated carbocycles. The van der Waals surface area contributed by atoms with Gasteiger partial charge in [0.2, 0.25) is 11.8 Å². The maximum atomic E-state index is 13.1. The van der Waals surface area contributed by atoms with Crippen molar-refractivity contribution in [3.05, 3.63) is 84.3 Å². The molecule has 0 saturated heterocycles. The molecule has 2 amide bonds. The third kappa shape index (κ3) is 4.94. The number of amides is 2. The molecule has 0 spiro atoms. The zero-order chi connectivity index (χ0) is 26.0. The molecular weight excluding hydrogens is 477 g/mol. The van der Waals surface area contributed by atoms with E-state index in [9.17, 15) is 19.1 Å². The third-order valence-electron chi connectivity index (χ3n) is 6.34. The molecule has 1 heterocycles. The van der Waals surface area contributed by atoms with Crippen LogP contribution in [-0.2, 0) is 16.2 Å². The van der Waals surface area contributed by atoms with E-state index in [0.717, 1.165) is 5.39 Å². The highest BCUT2D eigenvalue weighted by molar-refractivity contribution is 6.16. The summed E-state index contributed by atoms with van der Waals surface area (Å²) in [7, 11) is 1.53. The number of ether oxygens (including phenoxy) is 2. The van der Waals surface area contributed by atoms with E-state index in [2.05, 4.69) is 15.6 Å². The van der Waals surface area contributed by atoms with E-state index < -0.39 is 23.0 Å². The molecule has 0 bridgehead atoms. The number of nitrogens with zero attached hydrogens (tertiary/aromatic N) is 1. The first-order valence-electron chi connectivity index (χ1n) is 11.6. The summed E-state index contributed by atoms with van der Waals surface area (Å²) < 4.78 is 24.5. The van der Waals surface area contributed by atoms with Gasteiger partial charge < -0.3 is 25.2 Å². The number of hydrogen-bond donors (Lipinski definition) is 3. The highest BCUT2D eigenvalue weighted by Crippen LogP contribution is 2.47. The molecule has 8 nitrogen and oxygen atoms in total. The molecule has 37 heavy (non-hydrogen) atoms. The van der Waals surface area contributed by atoms with E-state index in [4.69, 9.17) is 9.47 Å². The Morgan fingerprint density at radius 3 is 2.14 bits per heavy atom. The standard InChI is InChI=1S/C28H24FN3O5/c1-36-25-15-22-23(14-17(25)16-33)30-13-10-24(22)37-21-8-6-20(7-9-21)32-27(35)28(11-12-28)26(34)31-19-4-2-18(29)3-5-19/h2-10,13-15,33H,11-12,16H2,1H3,(H,31,34)(H,32,35). The minimum atomic E-state index is -1.15. The Balaban J connectivity index is 1.27. The normalized spacial score (nSPS) is 13.6. The van der Waals surface area contributed by atoms with Crippen molar-refractivity contribution in [3.63, 3.8) is 0 Å². The van der Waals surface area contributed by atoms with Crippen molar-refractivity contribution in [1.82, 2.24) is 4.98 Å². The van der Waals surface area contributed by atoms with Crippen molar-refractivity contribution in [2.75, 3.05) is 17.7 Å². The van der Waals surface area contributed by atoms with Gasteiger partial charge in [0.25, 0.3) is 0 Å². The molecule has 188 valence electrons. The summed E-state index contributed by atoms with van der Waals surface area (Å²) in [5.41, 5.74) is 1.08. The number of aromatic nitrogens is 1. The van der Waals surface area contributed by atoms with Gasteiger partial charge in [-0.15, -0.1) is 0 Å². The average molecular weight is 502 g/mol. The van der Waals surface area contributed by atoms with Crippen LogP contribution in [0, 0.1) is 11.2 Å². The number of aliphatic hydroxyl groups is 1. The van der Waals surface area contributed by atoms with Crippen LogP contribution in [0.4, 0.5) is 15.8 Å². The molecule has 0 radical (unpaired) electrons. The number of fused-ring (bicyclic) bond motifs is 1. The van der Waals surface area contributed by atoms with Crippen molar-refractivity contribution in [2.45, 2.75) is 19.4 Å². The smallest absolute Gasteiger partial charge is 0.240 e. The molecule has 9 heteroatoms. The van der Waals surface area contributed by atoms with Crippen LogP contribution in [0.25, 0.3) is 10.9 Å². The van der Waals surface area contributed by atoms with Gasteiger partial charge in [-0.2, -0.15) is 0 Å². The Labute approximate surface area is 212 Å². The topological polar surface area (TPSA) is 110 Å². The molecule has 0 atom stereocenters. The largest absolute Gasteiger partial charge is 0.496 e. The molecule has 1 aromatic heterocycles. The van der Waals surface area contributed by atoms with Crippen molar-refractivity contribution < 1.29 is 28.6 Å². The number of anilines is 2. The second-order valence-corrected chi connectivity index (χ2v) is 8.77. The Bertz CT molecular complexity index is 1470. The summed E-state index contributed by atoms with van der Waals surface area (Å²) >= 11 is 0. The first kappa shape index (κ1) is 24.2. The van der Waals surface area contributed by atoms with Crippen LogP contribution in [0.3, 0.4) is 0 Å². The number of pyridine rings is 1. The first-order valence-corrected chi connectivity index (χ1v) is 11.6. The summed E-state index contributed by atoms with van der Waals surface area (Å²) in [4.78, 5) is 30.0. The van der Waals surface area contributed by atoms with Gasteiger partial charge in [-0.05, 0) is 79.6 Å². The van der Waals surface area contributed by atoms with E-state index in [1.165, 1.54) is 31.4 Å². The molecule has 0 unspecified atom stereocenters. The maximum Gasteiger partial charge on any atom is 0.240 e. The zero-order valence-corrected chi connectivity index (χ0v) is 20.0. The maximum absolute atomic E-state index is 13.1. The van der Waals surface area contributed by atoms with Gasteiger partial charge in [0, 0.05) is 28.5 Å². The lowest BCUT2D eigenvalue weighted by Crippen LogP contribution is -2.35. The number of rotatable bonds is 8. The summed E-state index contributed by atoms with van der Waals surface area (Å²) in [6, 6.07) is 17.4. The van der Waals surface area contributed by atoms with Crippen molar-refractivity contribution >= 4 is 34.1 Å². The molecular formula is C28H24FN3O5. The molecule has 1 aliphatic carbocycles. The Kier molecular flexibility index (Phi) is 6.45. The Morgan fingerprint density at radius 2 is 1.57 bits per heavy atom. The van der Waals surface area contributed by atoms with E-state index in [1.54, 1.807) is 48.7 Å². The predicted octanol–water partition coefficient (Wildman–Crippen LogP) is 5.02. The Hall–Kier alpha value is -4.50. The van der Waals surface area contributed by atoms with Crippen LogP contribution in [0.2, 0.25) is 0 Å². The van der Waals surface area contributed by atoms with Gasteiger partial charge in [-0.3, -0.25) is 14.6 Å². The molecule has 4 aromatic rings. The second-order valence-electron chi connectivity index (χ2n) is 8.77. The molecule has 1 fully saturated rings. The van der Waals surface area contributed by atoms with Crippen LogP contribution in [0.1, 0.15) is 18.4 Å². The van der Waals surface area contributed by atoms with Crippen LogP contribution in [-0.4, -0.2) is 29.0 Å². The molecule has 1 aliphatic rings. The molecule has 0 aliphatic heterocycles. The lowest BCUT2D eigenvalue weighted by atomic mass is 10.0. The van der Waals surface area contributed by atoms with Crippen molar-refractivity contribution in [2.24, 2.45) is 5.41 Å². The molecule has 3 aromatic carbocycles. The fourth-order valence-electron chi connectivity index (χ4n) is 4.04. The second kappa shape index (κ2) is 9.87. The fraction of sp³-hybridized carbons (Fsp3) is 0.179. The highest BCUT2D eigenvalue weighted by atomic mass is 19.1. The van der Waals surface area contributed by atoms with Crippen molar-refractivity contribution in [3.8, 4) is 17.2 Å². The summed E-state index contributed by atoms with van der Waals surface area (Å²) in [6.07, 6.45) is 2.49. The van der Waals surface area contributed by atoms with E-state index >= 15 is 0 Å². The minimum absolute atomic E-state index is 0.172. The number of aliphatic hydroxyl groups excluding tert-OH is 1. The zero-order valence-electron chi connectivity index (χ0n) is 20.0. The van der Waals surface area contributed by atoms with E-state index in [1.807, 2.05) is 0 Å². The van der Waals surface area contributed by atoms with E-state index in [-0.39, 0.29) is 6.61 Å². The van der Waals surface area contributed by atoms with Crippen LogP contribution < -0.4 is 20.1 Å². The quantitative estimate of drug-likeness (QED) is 0.292. The summed E-state index contributed by atoms with van der Waals surface area (Å²) in [5.74, 6) is 0.402. The van der Waals surface area contributed by atoms with Crippen molar-refractivity contribution in [1.29, 1.82) is 0 Å². The lowest BCUT2D eigenvalue weighted by Gasteiger charge is -2.16. The van der Waals surface area contributed by atoms with Crippen LogP contribution in [0.5, 0.6) is 17.2 Å². The minimum Gasteiger partial charge on any atom is -0.496 e. The number of carbonyl (C=O) groups is 2. The summed E-state index contributed by atoms with van der Waals surface area (Å²) in [6.45, 7) is -0.172.